The Hall–Kier alpha value is -3.54. The summed E-state index contributed by atoms with van der Waals surface area (Å²) in [5.74, 6) is 0.145. The zero-order chi connectivity index (χ0) is 27.9. The molecule has 0 bridgehead atoms. The largest absolute Gasteiger partial charge is 0.483 e. The molecule has 0 aromatic heterocycles. The zero-order valence-corrected chi connectivity index (χ0v) is 23.7. The number of fused-ring (bicyclic) bond motifs is 1. The van der Waals surface area contributed by atoms with Crippen LogP contribution in [0.4, 0.5) is 0 Å². The molecule has 5 nitrogen and oxygen atoms in total. The van der Waals surface area contributed by atoms with Gasteiger partial charge in [0.1, 0.15) is 11.8 Å². The van der Waals surface area contributed by atoms with Crippen LogP contribution in [0.25, 0.3) is 10.8 Å². The molecule has 0 heterocycles. The predicted octanol–water partition coefficient (Wildman–Crippen LogP) is 7.22. The van der Waals surface area contributed by atoms with Crippen molar-refractivity contribution >= 4 is 45.8 Å². The highest BCUT2D eigenvalue weighted by atomic mass is 35.5. The molecule has 5 rings (SSSR count). The molecule has 4 aromatic carbocycles. The molecule has 1 unspecified atom stereocenters. The number of nitrogens with zero attached hydrogens (tertiary/aromatic N) is 1. The molecule has 7 heteroatoms. The number of hydrogen-bond acceptors (Lipinski definition) is 3. The van der Waals surface area contributed by atoms with E-state index in [1.165, 1.54) is 0 Å². The third-order valence-corrected chi connectivity index (χ3v) is 8.02. The molecular formula is C33H32Cl2N2O3. The highest BCUT2D eigenvalue weighted by Gasteiger charge is 2.33. The summed E-state index contributed by atoms with van der Waals surface area (Å²) in [4.78, 5) is 29.4. The van der Waals surface area contributed by atoms with Gasteiger partial charge in [-0.05, 0) is 47.6 Å². The Bertz CT molecular complexity index is 1470. The molecule has 1 aliphatic rings. The van der Waals surface area contributed by atoms with Gasteiger partial charge in [-0.1, -0.05) is 109 Å². The normalized spacial score (nSPS) is 14.2. The Morgan fingerprint density at radius 3 is 2.40 bits per heavy atom. The molecule has 206 valence electrons. The van der Waals surface area contributed by atoms with E-state index < -0.39 is 6.04 Å². The van der Waals surface area contributed by atoms with Crippen molar-refractivity contribution in [3.8, 4) is 5.75 Å². The average Bonchev–Trinajstić information content (AvgIpc) is 3.48. The highest BCUT2D eigenvalue weighted by molar-refractivity contribution is 6.35. The molecule has 0 saturated heterocycles. The lowest BCUT2D eigenvalue weighted by molar-refractivity contribution is -0.143. The lowest BCUT2D eigenvalue weighted by Crippen LogP contribution is -2.53. The molecule has 40 heavy (non-hydrogen) atoms. The second kappa shape index (κ2) is 13.2. The Morgan fingerprint density at radius 1 is 0.900 bits per heavy atom. The van der Waals surface area contributed by atoms with Crippen molar-refractivity contribution in [1.29, 1.82) is 0 Å². The van der Waals surface area contributed by atoms with Crippen LogP contribution in [-0.4, -0.2) is 35.4 Å². The van der Waals surface area contributed by atoms with Gasteiger partial charge >= 0.3 is 0 Å². The summed E-state index contributed by atoms with van der Waals surface area (Å²) < 4.78 is 6.09. The first-order valence-electron chi connectivity index (χ1n) is 13.7. The van der Waals surface area contributed by atoms with Crippen LogP contribution < -0.4 is 10.1 Å². The van der Waals surface area contributed by atoms with Crippen molar-refractivity contribution in [3.05, 3.63) is 112 Å². The van der Waals surface area contributed by atoms with Gasteiger partial charge in [0.15, 0.2) is 6.61 Å². The fourth-order valence-corrected chi connectivity index (χ4v) is 5.77. The molecule has 1 aliphatic carbocycles. The molecule has 0 spiro atoms. The van der Waals surface area contributed by atoms with E-state index in [1.807, 2.05) is 72.8 Å². The predicted molar refractivity (Wildman–Crippen MR) is 161 cm³/mol. The van der Waals surface area contributed by atoms with Crippen molar-refractivity contribution in [2.45, 2.75) is 50.7 Å². The van der Waals surface area contributed by atoms with Gasteiger partial charge < -0.3 is 15.0 Å². The van der Waals surface area contributed by atoms with E-state index in [-0.39, 0.29) is 31.0 Å². The van der Waals surface area contributed by atoms with Gasteiger partial charge in [-0.2, -0.15) is 0 Å². The third-order valence-electron chi connectivity index (χ3n) is 7.43. The molecular weight excluding hydrogens is 543 g/mol. The van der Waals surface area contributed by atoms with Gasteiger partial charge in [0.05, 0.1) is 0 Å². The number of nitrogens with one attached hydrogen (secondary N) is 1. The van der Waals surface area contributed by atoms with Crippen LogP contribution in [0.15, 0.2) is 91.0 Å². The molecule has 2 amide bonds. The summed E-state index contributed by atoms with van der Waals surface area (Å²) in [7, 11) is 0. The maximum atomic E-state index is 14.0. The first-order valence-corrected chi connectivity index (χ1v) is 14.4. The van der Waals surface area contributed by atoms with Crippen molar-refractivity contribution in [1.82, 2.24) is 10.2 Å². The standard InChI is InChI=1S/C33H32Cl2N2O3/c34-26-18-17-25(29(35)20-26)21-37(32(38)22-40-31-16-8-12-24-11-4-7-15-28(24)31)30(19-23-9-2-1-3-10-23)33(39)36-27-13-5-6-14-27/h1-4,7-12,15-18,20,27,30H,5-6,13-14,19,21-22H2,(H,36,39). The smallest absolute Gasteiger partial charge is 0.261 e. The van der Waals surface area contributed by atoms with Gasteiger partial charge in [0.25, 0.3) is 5.91 Å². The second-order valence-electron chi connectivity index (χ2n) is 10.2. The average molecular weight is 576 g/mol. The molecule has 1 saturated carbocycles. The first-order chi connectivity index (χ1) is 19.5. The van der Waals surface area contributed by atoms with Crippen LogP contribution in [0.3, 0.4) is 0 Å². The molecule has 1 N–H and O–H groups in total. The fraction of sp³-hybridized carbons (Fsp3) is 0.273. The van der Waals surface area contributed by atoms with Crippen LogP contribution in [0, 0.1) is 0 Å². The Kier molecular flexibility index (Phi) is 9.25. The number of carbonyl (C=O) groups is 2. The van der Waals surface area contributed by atoms with E-state index in [2.05, 4.69) is 5.32 Å². The summed E-state index contributed by atoms with van der Waals surface area (Å²) in [6.07, 6.45) is 4.45. The number of ether oxygens (including phenoxy) is 1. The van der Waals surface area contributed by atoms with Crippen molar-refractivity contribution < 1.29 is 14.3 Å². The second-order valence-corrected chi connectivity index (χ2v) is 11.1. The summed E-state index contributed by atoms with van der Waals surface area (Å²) in [6, 6.07) is 27.9. The van der Waals surface area contributed by atoms with Crippen LogP contribution in [0.1, 0.15) is 36.8 Å². The van der Waals surface area contributed by atoms with E-state index in [0.717, 1.165) is 42.0 Å². The maximum absolute atomic E-state index is 14.0. The maximum Gasteiger partial charge on any atom is 0.261 e. The first kappa shape index (κ1) is 28.0. The molecule has 0 aliphatic heterocycles. The molecule has 4 aromatic rings. The Balaban J connectivity index is 1.46. The van der Waals surface area contributed by atoms with E-state index >= 15 is 0 Å². The lowest BCUT2D eigenvalue weighted by atomic mass is 10.0. The minimum atomic E-state index is -0.752. The number of benzene rings is 4. The highest BCUT2D eigenvalue weighted by Crippen LogP contribution is 2.27. The van der Waals surface area contributed by atoms with E-state index in [0.29, 0.717) is 27.8 Å². The Labute approximate surface area is 245 Å². The van der Waals surface area contributed by atoms with Crippen LogP contribution >= 0.6 is 23.2 Å². The van der Waals surface area contributed by atoms with Gasteiger partial charge in [-0.25, -0.2) is 0 Å². The van der Waals surface area contributed by atoms with Crippen molar-refractivity contribution in [2.24, 2.45) is 0 Å². The van der Waals surface area contributed by atoms with Crippen molar-refractivity contribution in [2.75, 3.05) is 6.61 Å². The lowest BCUT2D eigenvalue weighted by Gasteiger charge is -2.32. The fourth-order valence-electron chi connectivity index (χ4n) is 5.30. The third kappa shape index (κ3) is 6.96. The molecule has 1 fully saturated rings. The van der Waals surface area contributed by atoms with Gasteiger partial charge in [0.2, 0.25) is 5.91 Å². The van der Waals surface area contributed by atoms with Crippen LogP contribution in [0.5, 0.6) is 5.75 Å². The van der Waals surface area contributed by atoms with Gasteiger partial charge in [-0.15, -0.1) is 0 Å². The molecule has 1 atom stereocenters. The number of amides is 2. The summed E-state index contributed by atoms with van der Waals surface area (Å²) in [6.45, 7) is -0.0788. The number of halogens is 2. The van der Waals surface area contributed by atoms with E-state index in [4.69, 9.17) is 27.9 Å². The summed E-state index contributed by atoms with van der Waals surface area (Å²) in [5.41, 5.74) is 1.67. The van der Waals surface area contributed by atoms with Crippen molar-refractivity contribution in [3.63, 3.8) is 0 Å². The summed E-state index contributed by atoms with van der Waals surface area (Å²) in [5, 5.41) is 6.10. The monoisotopic (exact) mass is 574 g/mol. The topological polar surface area (TPSA) is 58.6 Å². The number of rotatable bonds is 10. The quantitative estimate of drug-likeness (QED) is 0.217. The number of carbonyl (C=O) groups excluding carboxylic acids is 2. The van der Waals surface area contributed by atoms with Gasteiger partial charge in [0, 0.05) is 34.4 Å². The minimum absolute atomic E-state index is 0.119. The summed E-state index contributed by atoms with van der Waals surface area (Å²) >= 11 is 12.7. The van der Waals surface area contributed by atoms with E-state index in [9.17, 15) is 9.59 Å². The van der Waals surface area contributed by atoms with E-state index in [1.54, 1.807) is 23.1 Å². The van der Waals surface area contributed by atoms with Crippen LogP contribution in [0.2, 0.25) is 10.0 Å². The Morgan fingerprint density at radius 2 is 1.62 bits per heavy atom. The zero-order valence-electron chi connectivity index (χ0n) is 22.2. The van der Waals surface area contributed by atoms with Crippen LogP contribution in [-0.2, 0) is 22.6 Å². The SMILES string of the molecule is O=C(NC1CCCC1)C(Cc1ccccc1)N(Cc1ccc(Cl)cc1Cl)C(=O)COc1cccc2ccccc12. The van der Waals surface area contributed by atoms with Gasteiger partial charge in [-0.3, -0.25) is 9.59 Å². The minimum Gasteiger partial charge on any atom is -0.483 e. The molecule has 0 radical (unpaired) electrons. The number of hydrogen-bond donors (Lipinski definition) is 1.